The third kappa shape index (κ3) is 4.59. The van der Waals surface area contributed by atoms with Gasteiger partial charge in [-0.25, -0.2) is 0 Å². The number of likely N-dealkylation sites (tertiary alicyclic amines) is 1. The van der Waals surface area contributed by atoms with Crippen LogP contribution in [0.2, 0.25) is 5.02 Å². The summed E-state index contributed by atoms with van der Waals surface area (Å²) in [4.78, 5) is 44.4. The Kier molecular flexibility index (Phi) is 6.70. The van der Waals surface area contributed by atoms with Crippen molar-refractivity contribution in [3.63, 3.8) is 0 Å². The summed E-state index contributed by atoms with van der Waals surface area (Å²) in [6.07, 6.45) is 2.59. The second-order valence-corrected chi connectivity index (χ2v) is 8.77. The van der Waals surface area contributed by atoms with Gasteiger partial charge in [0.2, 0.25) is 5.91 Å². The zero-order valence-corrected chi connectivity index (χ0v) is 19.1. The van der Waals surface area contributed by atoms with Gasteiger partial charge in [-0.15, -0.1) is 6.58 Å². The van der Waals surface area contributed by atoms with Gasteiger partial charge >= 0.3 is 0 Å². The van der Waals surface area contributed by atoms with Crippen LogP contribution in [-0.2, 0) is 9.59 Å². The quantitative estimate of drug-likeness (QED) is 0.664. The molecule has 2 aliphatic rings. The fraction of sp³-hybridized carbons (Fsp3) is 0.320. The molecule has 0 aliphatic carbocycles. The Morgan fingerprint density at radius 1 is 1.06 bits per heavy atom. The maximum Gasteiger partial charge on any atom is 0.253 e. The van der Waals surface area contributed by atoms with E-state index in [-0.39, 0.29) is 24.3 Å². The van der Waals surface area contributed by atoms with Crippen LogP contribution >= 0.6 is 11.6 Å². The van der Waals surface area contributed by atoms with E-state index in [1.807, 2.05) is 30.3 Å². The lowest BCUT2D eigenvalue weighted by Crippen LogP contribution is -2.57. The number of rotatable bonds is 6. The minimum atomic E-state index is -0.781. The zero-order valence-electron chi connectivity index (χ0n) is 18.4. The molecule has 2 saturated heterocycles. The number of piperidine rings is 1. The lowest BCUT2D eigenvalue weighted by atomic mass is 9.85. The van der Waals surface area contributed by atoms with E-state index in [9.17, 15) is 14.4 Å². The summed E-state index contributed by atoms with van der Waals surface area (Å²) in [5.41, 5.74) is 0.725. The average molecular weight is 467 g/mol. The molecular weight excluding hydrogens is 440 g/mol. The van der Waals surface area contributed by atoms with Crippen LogP contribution in [0.25, 0.3) is 0 Å². The van der Waals surface area contributed by atoms with Crippen molar-refractivity contribution in [2.75, 3.05) is 37.7 Å². The number of benzene rings is 2. The van der Waals surface area contributed by atoms with Crippen molar-refractivity contribution in [3.8, 4) is 0 Å². The molecule has 2 heterocycles. The maximum atomic E-state index is 13.6. The zero-order chi connectivity index (χ0) is 23.4. The summed E-state index contributed by atoms with van der Waals surface area (Å²) in [5.74, 6) is -0.360. The summed E-state index contributed by atoms with van der Waals surface area (Å²) >= 11 is 5.95. The Balaban J connectivity index is 1.53. The van der Waals surface area contributed by atoms with Crippen LogP contribution in [0, 0.1) is 0 Å². The molecule has 7 nitrogen and oxygen atoms in total. The number of nitrogens with one attached hydrogen (secondary N) is 1. The first-order valence-electron chi connectivity index (χ1n) is 11.0. The van der Waals surface area contributed by atoms with Crippen molar-refractivity contribution >= 4 is 35.0 Å². The van der Waals surface area contributed by atoms with Gasteiger partial charge < -0.3 is 20.0 Å². The molecule has 172 valence electrons. The third-order valence-electron chi connectivity index (χ3n) is 6.33. The number of nitrogens with zero attached hydrogens (tertiary/aromatic N) is 3. The van der Waals surface area contributed by atoms with Crippen LogP contribution in [0.15, 0.2) is 67.3 Å². The Hall–Kier alpha value is -3.32. The normalized spacial score (nSPS) is 17.4. The summed E-state index contributed by atoms with van der Waals surface area (Å²) in [7, 11) is 0. The third-order valence-corrected chi connectivity index (χ3v) is 6.58. The lowest BCUT2D eigenvalue weighted by molar-refractivity contribution is -0.137. The van der Waals surface area contributed by atoms with E-state index in [0.717, 1.165) is 5.69 Å². The molecule has 1 N–H and O–H groups in total. The van der Waals surface area contributed by atoms with Crippen molar-refractivity contribution in [2.24, 2.45) is 0 Å². The Morgan fingerprint density at radius 3 is 2.36 bits per heavy atom. The van der Waals surface area contributed by atoms with Gasteiger partial charge in [-0.2, -0.15) is 0 Å². The van der Waals surface area contributed by atoms with E-state index in [1.54, 1.807) is 40.1 Å². The molecule has 2 aromatic carbocycles. The Bertz CT molecular complexity index is 1030. The number of anilines is 1. The predicted octanol–water partition coefficient (Wildman–Crippen LogP) is 2.92. The van der Waals surface area contributed by atoms with E-state index < -0.39 is 5.54 Å². The second-order valence-electron chi connectivity index (χ2n) is 8.33. The Morgan fingerprint density at radius 2 is 1.73 bits per heavy atom. The topological polar surface area (TPSA) is 73.0 Å². The molecule has 0 unspecified atom stereocenters. The molecule has 3 amide bonds. The van der Waals surface area contributed by atoms with Gasteiger partial charge in [-0.1, -0.05) is 35.9 Å². The van der Waals surface area contributed by atoms with Crippen LogP contribution in [0.1, 0.15) is 23.2 Å². The van der Waals surface area contributed by atoms with Gasteiger partial charge in [-0.3, -0.25) is 14.4 Å². The summed E-state index contributed by atoms with van der Waals surface area (Å²) < 4.78 is 0. The minimum Gasteiger partial charge on any atom is -0.351 e. The fourth-order valence-electron chi connectivity index (χ4n) is 4.59. The van der Waals surface area contributed by atoms with E-state index in [2.05, 4.69) is 16.8 Å². The van der Waals surface area contributed by atoms with E-state index in [4.69, 9.17) is 11.6 Å². The molecular formula is C25H27ClN4O3. The largest absolute Gasteiger partial charge is 0.351 e. The molecule has 0 bridgehead atoms. The van der Waals surface area contributed by atoms with Crippen LogP contribution in [-0.4, -0.2) is 65.9 Å². The Labute approximate surface area is 198 Å². The predicted molar refractivity (Wildman–Crippen MR) is 128 cm³/mol. The number of hydrogen-bond acceptors (Lipinski definition) is 4. The molecule has 1 spiro atoms. The van der Waals surface area contributed by atoms with Crippen molar-refractivity contribution < 1.29 is 14.4 Å². The van der Waals surface area contributed by atoms with Crippen LogP contribution in [0.4, 0.5) is 5.69 Å². The van der Waals surface area contributed by atoms with Gasteiger partial charge in [0.05, 0.1) is 6.67 Å². The first-order chi connectivity index (χ1) is 15.9. The van der Waals surface area contributed by atoms with E-state index in [0.29, 0.717) is 49.7 Å². The number of halogens is 1. The molecule has 2 aromatic rings. The number of hydrogen-bond donors (Lipinski definition) is 1. The van der Waals surface area contributed by atoms with Gasteiger partial charge in [0.25, 0.3) is 11.8 Å². The molecule has 2 aliphatic heterocycles. The first-order valence-corrected chi connectivity index (χ1v) is 11.4. The standard InChI is InChI=1S/C25H27ClN4O3/c1-2-14-27-22(31)17-29-18-30(21-6-4-3-5-7-21)25(24(29)33)12-15-28(16-13-25)23(32)19-8-10-20(26)11-9-19/h2-11H,1,12-18H2,(H,27,31). The summed E-state index contributed by atoms with van der Waals surface area (Å²) in [6.45, 7) is 5.18. The highest BCUT2D eigenvalue weighted by atomic mass is 35.5. The van der Waals surface area contributed by atoms with Gasteiger partial charge in [0, 0.05) is 35.9 Å². The van der Waals surface area contributed by atoms with Gasteiger partial charge in [0.15, 0.2) is 0 Å². The number of carbonyl (C=O) groups is 3. The molecule has 0 saturated carbocycles. The molecule has 0 radical (unpaired) electrons. The molecule has 0 aromatic heterocycles. The van der Waals surface area contributed by atoms with E-state index in [1.165, 1.54) is 0 Å². The van der Waals surface area contributed by atoms with E-state index >= 15 is 0 Å². The summed E-state index contributed by atoms with van der Waals surface area (Å²) in [6, 6.07) is 16.6. The minimum absolute atomic E-state index is 0.00875. The number of carbonyl (C=O) groups excluding carboxylic acids is 3. The fourth-order valence-corrected chi connectivity index (χ4v) is 4.72. The lowest BCUT2D eigenvalue weighted by Gasteiger charge is -2.43. The number of para-hydroxylation sites is 1. The smallest absolute Gasteiger partial charge is 0.253 e. The van der Waals surface area contributed by atoms with Crippen molar-refractivity contribution in [1.82, 2.24) is 15.1 Å². The van der Waals surface area contributed by atoms with Gasteiger partial charge in [-0.05, 0) is 49.2 Å². The molecule has 2 fully saturated rings. The maximum absolute atomic E-state index is 13.6. The number of amides is 3. The molecule has 33 heavy (non-hydrogen) atoms. The van der Waals surface area contributed by atoms with Crippen LogP contribution in [0.3, 0.4) is 0 Å². The van der Waals surface area contributed by atoms with Crippen LogP contribution in [0.5, 0.6) is 0 Å². The second kappa shape index (κ2) is 9.67. The average Bonchev–Trinajstić information content (AvgIpc) is 3.10. The highest BCUT2D eigenvalue weighted by Crippen LogP contribution is 2.39. The molecule has 8 heteroatoms. The van der Waals surface area contributed by atoms with Gasteiger partial charge in [0.1, 0.15) is 12.1 Å². The van der Waals surface area contributed by atoms with Crippen LogP contribution < -0.4 is 10.2 Å². The van der Waals surface area contributed by atoms with Crippen molar-refractivity contribution in [2.45, 2.75) is 18.4 Å². The highest BCUT2D eigenvalue weighted by Gasteiger charge is 2.54. The first kappa shape index (κ1) is 22.9. The van der Waals surface area contributed by atoms with Crippen molar-refractivity contribution in [1.29, 1.82) is 0 Å². The molecule has 0 atom stereocenters. The highest BCUT2D eigenvalue weighted by molar-refractivity contribution is 6.30. The summed E-state index contributed by atoms with van der Waals surface area (Å²) in [5, 5.41) is 3.32. The monoisotopic (exact) mass is 466 g/mol. The van der Waals surface area contributed by atoms with Crippen molar-refractivity contribution in [3.05, 3.63) is 77.8 Å². The molecule has 4 rings (SSSR count). The SMILES string of the molecule is C=CCNC(=O)CN1CN(c2ccccc2)C2(CCN(C(=O)c3ccc(Cl)cc3)CC2)C1=O.